The zero-order valence-corrected chi connectivity index (χ0v) is 11.3. The van der Waals surface area contributed by atoms with Crippen LogP contribution in [0.5, 0.6) is 5.75 Å². The zero-order valence-electron chi connectivity index (χ0n) is 8.29. The van der Waals surface area contributed by atoms with E-state index < -0.39 is 0 Å². The van der Waals surface area contributed by atoms with E-state index >= 15 is 0 Å². The molecule has 0 bridgehead atoms. The van der Waals surface area contributed by atoms with Crippen molar-refractivity contribution in [2.45, 2.75) is 0 Å². The minimum absolute atomic E-state index is 0.527. The first-order valence-electron chi connectivity index (χ1n) is 4.30. The molecule has 0 spiro atoms. The van der Waals surface area contributed by atoms with Crippen molar-refractivity contribution in [2.24, 2.45) is 0 Å². The first-order chi connectivity index (χ1) is 7.19. The number of anilines is 1. The molecule has 0 amide bonds. The van der Waals surface area contributed by atoms with E-state index in [1.807, 2.05) is 6.26 Å². The van der Waals surface area contributed by atoms with Crippen molar-refractivity contribution in [2.75, 3.05) is 24.3 Å². The van der Waals surface area contributed by atoms with Crippen LogP contribution in [0.15, 0.2) is 12.1 Å². The van der Waals surface area contributed by atoms with E-state index in [1.54, 1.807) is 23.9 Å². The average Bonchev–Trinajstić information content (AvgIpc) is 2.22. The number of benzene rings is 1. The first kappa shape index (κ1) is 12.5. The highest BCUT2D eigenvalue weighted by molar-refractivity contribution is 14.1. The third-order valence-corrected chi connectivity index (χ3v) is 3.11. The van der Waals surface area contributed by atoms with Crippen molar-refractivity contribution < 1.29 is 4.74 Å². The topological polar surface area (TPSA) is 59.0 Å². The van der Waals surface area contributed by atoms with E-state index in [0.29, 0.717) is 23.6 Å². The molecule has 1 rings (SSSR count). The summed E-state index contributed by atoms with van der Waals surface area (Å²) in [5.74, 6) is 1.61. The fourth-order valence-corrected chi connectivity index (χ4v) is 2.11. The van der Waals surface area contributed by atoms with Crippen molar-refractivity contribution >= 4 is 40.0 Å². The molecule has 5 heteroatoms. The number of ether oxygens (including phenoxy) is 1. The van der Waals surface area contributed by atoms with Gasteiger partial charge in [0.2, 0.25) is 0 Å². The number of nitrogens with zero attached hydrogens (tertiary/aromatic N) is 1. The molecule has 0 aliphatic carbocycles. The summed E-state index contributed by atoms with van der Waals surface area (Å²) in [6.45, 7) is 0.632. The summed E-state index contributed by atoms with van der Waals surface area (Å²) in [5, 5.41) is 8.74. The molecule has 0 atom stereocenters. The van der Waals surface area contributed by atoms with Crippen LogP contribution in [-0.2, 0) is 0 Å². The van der Waals surface area contributed by atoms with Gasteiger partial charge in [-0.25, -0.2) is 0 Å². The maximum atomic E-state index is 8.74. The molecule has 0 aromatic heterocycles. The van der Waals surface area contributed by atoms with Crippen molar-refractivity contribution in [1.29, 1.82) is 5.26 Å². The number of halogens is 1. The molecule has 15 heavy (non-hydrogen) atoms. The number of nitrogens with two attached hydrogens (primary N) is 1. The molecular formula is C10H11IN2OS. The molecule has 0 saturated carbocycles. The van der Waals surface area contributed by atoms with E-state index in [0.717, 1.165) is 9.32 Å². The summed E-state index contributed by atoms with van der Waals surface area (Å²) in [5.41, 5.74) is 6.88. The second-order valence-electron chi connectivity index (χ2n) is 2.83. The highest BCUT2D eigenvalue weighted by Crippen LogP contribution is 2.29. The summed E-state index contributed by atoms with van der Waals surface area (Å²) in [6.07, 6.45) is 2.02. The summed E-state index contributed by atoms with van der Waals surface area (Å²) >= 11 is 3.84. The smallest absolute Gasteiger partial charge is 0.155 e. The maximum Gasteiger partial charge on any atom is 0.155 e. The highest BCUT2D eigenvalue weighted by Gasteiger charge is 2.07. The first-order valence-corrected chi connectivity index (χ1v) is 6.77. The third kappa shape index (κ3) is 3.47. The molecular weight excluding hydrogens is 323 g/mol. The lowest BCUT2D eigenvalue weighted by molar-refractivity contribution is 0.343. The van der Waals surface area contributed by atoms with Gasteiger partial charge in [-0.3, -0.25) is 0 Å². The molecule has 0 heterocycles. The maximum absolute atomic E-state index is 8.74. The van der Waals surface area contributed by atoms with Crippen LogP contribution >= 0.6 is 34.4 Å². The molecule has 0 saturated heterocycles. The molecule has 0 fully saturated rings. The Morgan fingerprint density at radius 2 is 2.33 bits per heavy atom. The quantitative estimate of drug-likeness (QED) is 0.522. The second kappa shape index (κ2) is 6.08. The van der Waals surface area contributed by atoms with Crippen LogP contribution in [0.25, 0.3) is 0 Å². The summed E-state index contributed by atoms with van der Waals surface area (Å²) in [7, 11) is 0. The van der Waals surface area contributed by atoms with E-state index in [9.17, 15) is 0 Å². The molecule has 1 aromatic carbocycles. The third-order valence-electron chi connectivity index (χ3n) is 1.74. The van der Waals surface area contributed by atoms with Crippen LogP contribution < -0.4 is 10.5 Å². The van der Waals surface area contributed by atoms with Gasteiger partial charge < -0.3 is 10.5 Å². The number of nitriles is 1. The highest BCUT2D eigenvalue weighted by atomic mass is 127. The van der Waals surface area contributed by atoms with Crippen molar-refractivity contribution in [3.8, 4) is 11.8 Å². The fraction of sp³-hybridized carbons (Fsp3) is 0.300. The fourth-order valence-electron chi connectivity index (χ4n) is 1.06. The van der Waals surface area contributed by atoms with Gasteiger partial charge in [0.1, 0.15) is 0 Å². The lowest BCUT2D eigenvalue weighted by atomic mass is 10.2. The lowest BCUT2D eigenvalue weighted by Crippen LogP contribution is -2.04. The van der Waals surface area contributed by atoms with E-state index in [2.05, 4.69) is 28.7 Å². The largest absolute Gasteiger partial charge is 0.489 e. The number of rotatable bonds is 4. The van der Waals surface area contributed by atoms with Crippen LogP contribution in [0.1, 0.15) is 5.56 Å². The van der Waals surface area contributed by atoms with Crippen molar-refractivity contribution in [3.63, 3.8) is 0 Å². The Morgan fingerprint density at radius 3 is 2.87 bits per heavy atom. The lowest BCUT2D eigenvalue weighted by Gasteiger charge is -2.10. The number of hydrogen-bond donors (Lipinski definition) is 1. The monoisotopic (exact) mass is 334 g/mol. The van der Waals surface area contributed by atoms with Crippen molar-refractivity contribution in [3.05, 3.63) is 21.3 Å². The van der Waals surface area contributed by atoms with Gasteiger partial charge in [0.25, 0.3) is 0 Å². The Kier molecular flexibility index (Phi) is 5.05. The van der Waals surface area contributed by atoms with E-state index in [-0.39, 0.29) is 0 Å². The van der Waals surface area contributed by atoms with Crippen molar-refractivity contribution in [1.82, 2.24) is 0 Å². The summed E-state index contributed by atoms with van der Waals surface area (Å²) in [4.78, 5) is 0. The predicted octanol–water partition coefficient (Wildman–Crippen LogP) is 2.49. The van der Waals surface area contributed by atoms with E-state index in [4.69, 9.17) is 15.7 Å². The van der Waals surface area contributed by atoms with Crippen LogP contribution in [0, 0.1) is 14.9 Å². The van der Waals surface area contributed by atoms with E-state index in [1.165, 1.54) is 0 Å². The SMILES string of the molecule is CSCCOc1c(N)cc(C#N)cc1I. The Hall–Kier alpha value is -0.610. The normalized spacial score (nSPS) is 9.67. The zero-order chi connectivity index (χ0) is 11.3. The summed E-state index contributed by atoms with van der Waals surface area (Å²) < 4.78 is 6.42. The van der Waals surface area contributed by atoms with Gasteiger partial charge >= 0.3 is 0 Å². The van der Waals surface area contributed by atoms with Gasteiger partial charge in [0.15, 0.2) is 5.75 Å². The Morgan fingerprint density at radius 1 is 1.60 bits per heavy atom. The number of nitrogen functional groups attached to an aromatic ring is 1. The molecule has 3 nitrogen and oxygen atoms in total. The Labute approximate surface area is 107 Å². The molecule has 0 unspecified atom stereocenters. The minimum atomic E-state index is 0.527. The predicted molar refractivity (Wildman–Crippen MR) is 72.2 cm³/mol. The van der Waals surface area contributed by atoms with Crippen LogP contribution in [0.2, 0.25) is 0 Å². The van der Waals surface area contributed by atoms with Gasteiger partial charge in [-0.05, 0) is 41.0 Å². The molecule has 80 valence electrons. The molecule has 1 aromatic rings. The van der Waals surface area contributed by atoms with Gasteiger partial charge in [-0.15, -0.1) is 0 Å². The van der Waals surface area contributed by atoms with Gasteiger partial charge in [-0.1, -0.05) is 0 Å². The van der Waals surface area contributed by atoms with Crippen LogP contribution in [-0.4, -0.2) is 18.6 Å². The Balaban J connectivity index is 2.85. The molecule has 0 radical (unpaired) electrons. The van der Waals surface area contributed by atoms with Gasteiger partial charge in [-0.2, -0.15) is 17.0 Å². The standard InChI is InChI=1S/C10H11IN2OS/c1-15-3-2-14-10-8(11)4-7(6-12)5-9(10)13/h4-5H,2-3,13H2,1H3. The molecule has 2 N–H and O–H groups in total. The van der Waals surface area contributed by atoms with Gasteiger partial charge in [0, 0.05) is 5.75 Å². The molecule has 0 aliphatic rings. The van der Waals surface area contributed by atoms with Crippen LogP contribution in [0.4, 0.5) is 5.69 Å². The van der Waals surface area contributed by atoms with Gasteiger partial charge in [0.05, 0.1) is 27.5 Å². The summed E-state index contributed by atoms with van der Waals surface area (Å²) in [6, 6.07) is 5.46. The molecule has 0 aliphatic heterocycles. The number of hydrogen-bond acceptors (Lipinski definition) is 4. The number of thioether (sulfide) groups is 1. The Bertz CT molecular complexity index is 366. The minimum Gasteiger partial charge on any atom is -0.489 e. The van der Waals surface area contributed by atoms with Crippen LogP contribution in [0.3, 0.4) is 0 Å². The second-order valence-corrected chi connectivity index (χ2v) is 4.98. The average molecular weight is 334 g/mol.